The van der Waals surface area contributed by atoms with Gasteiger partial charge in [-0.3, -0.25) is 0 Å². The van der Waals surface area contributed by atoms with Crippen LogP contribution in [0.25, 0.3) is 0 Å². The Labute approximate surface area is 39.0 Å². The van der Waals surface area contributed by atoms with Crippen molar-refractivity contribution >= 4 is 6.16 Å². The Morgan fingerprint density at radius 1 is 1.71 bits per heavy atom. The van der Waals surface area contributed by atoms with Crippen LogP contribution in [-0.2, 0) is 9.62 Å². The first-order valence-electron chi connectivity index (χ1n) is 1.39. The van der Waals surface area contributed by atoms with Gasteiger partial charge in [-0.2, -0.15) is 4.89 Å². The average Bonchev–Trinajstić information content (AvgIpc) is 1.61. The van der Waals surface area contributed by atoms with E-state index in [9.17, 15) is 4.79 Å². The summed E-state index contributed by atoms with van der Waals surface area (Å²) in [7, 11) is 0. The number of rotatable bonds is 2. The molecule has 0 spiro atoms. The van der Waals surface area contributed by atoms with Gasteiger partial charge in [0.1, 0.15) is 0 Å². The van der Waals surface area contributed by atoms with Crippen molar-refractivity contribution < 1.29 is 24.8 Å². The van der Waals surface area contributed by atoms with E-state index in [4.69, 9.17) is 10.4 Å². The van der Waals surface area contributed by atoms with Crippen LogP contribution in [-0.4, -0.2) is 23.3 Å². The fraction of sp³-hybridized carbons (Fsp3) is 0.500. The van der Waals surface area contributed by atoms with Gasteiger partial charge in [0, 0.05) is 0 Å². The minimum absolute atomic E-state index is 0.644. The zero-order chi connectivity index (χ0) is 5.70. The zero-order valence-electron chi connectivity index (χ0n) is 3.33. The fourth-order valence-electron chi connectivity index (χ4n) is 0.0768. The molecule has 0 rings (SSSR count). The van der Waals surface area contributed by atoms with Gasteiger partial charge in [-0.15, -0.1) is 0 Å². The van der Waals surface area contributed by atoms with Crippen molar-refractivity contribution in [2.75, 3.05) is 6.79 Å². The zero-order valence-corrected chi connectivity index (χ0v) is 3.33. The molecule has 0 aromatic rings. The maximum atomic E-state index is 9.34. The lowest BCUT2D eigenvalue weighted by atomic mass is 11.3. The van der Waals surface area contributed by atoms with E-state index < -0.39 is 12.9 Å². The van der Waals surface area contributed by atoms with Crippen LogP contribution in [0.4, 0.5) is 4.79 Å². The summed E-state index contributed by atoms with van der Waals surface area (Å²) in [5.41, 5.74) is 0. The third kappa shape index (κ3) is 5.19. The molecule has 0 aromatic carbocycles. The van der Waals surface area contributed by atoms with Gasteiger partial charge in [-0.25, -0.2) is 10.1 Å². The second-order valence-electron chi connectivity index (χ2n) is 0.657. The summed E-state index contributed by atoms with van der Waals surface area (Å²) < 4.78 is 3.64. The van der Waals surface area contributed by atoms with Crippen LogP contribution in [0.1, 0.15) is 0 Å². The van der Waals surface area contributed by atoms with Crippen LogP contribution in [0.15, 0.2) is 0 Å². The lowest BCUT2D eigenvalue weighted by Crippen LogP contribution is -2.02. The largest absolute Gasteiger partial charge is 0.507 e. The standard InChI is InChI=1S/C2H4O5/c3-2(4)6-1-7-5/h5H,1H2,(H,3,4). The summed E-state index contributed by atoms with van der Waals surface area (Å²) in [6, 6.07) is 0. The maximum absolute atomic E-state index is 9.34. The molecule has 0 atom stereocenters. The predicted molar refractivity (Wildman–Crippen MR) is 17.7 cm³/mol. The molecule has 0 aromatic heterocycles. The molecule has 0 aliphatic rings. The highest BCUT2D eigenvalue weighted by Crippen LogP contribution is 1.72. The molecule has 0 aliphatic heterocycles. The van der Waals surface area contributed by atoms with Crippen molar-refractivity contribution in [1.29, 1.82) is 0 Å². The van der Waals surface area contributed by atoms with Crippen molar-refractivity contribution in [1.82, 2.24) is 0 Å². The number of hydrogen-bond donors (Lipinski definition) is 2. The van der Waals surface area contributed by atoms with Crippen molar-refractivity contribution in [2.45, 2.75) is 0 Å². The number of ether oxygens (including phenoxy) is 1. The van der Waals surface area contributed by atoms with Gasteiger partial charge in [0.25, 0.3) is 0 Å². The van der Waals surface area contributed by atoms with Gasteiger partial charge in [-0.05, 0) is 0 Å². The molecule has 0 saturated carbocycles. The predicted octanol–water partition coefficient (Wildman–Crippen LogP) is 0.128. The molecule has 5 nitrogen and oxygen atoms in total. The Morgan fingerprint density at radius 2 is 2.29 bits per heavy atom. The lowest BCUT2D eigenvalue weighted by Gasteiger charge is -1.91. The minimum atomic E-state index is -1.48. The average molecular weight is 108 g/mol. The van der Waals surface area contributed by atoms with Crippen molar-refractivity contribution in [3.63, 3.8) is 0 Å². The summed E-state index contributed by atoms with van der Waals surface area (Å²) in [4.78, 5) is 12.6. The van der Waals surface area contributed by atoms with Crippen LogP contribution >= 0.6 is 0 Å². The molecule has 5 heteroatoms. The van der Waals surface area contributed by atoms with E-state index in [2.05, 4.69) is 9.62 Å². The Balaban J connectivity index is 2.82. The number of hydrogen-bond acceptors (Lipinski definition) is 4. The maximum Gasteiger partial charge on any atom is 0.507 e. The number of carbonyl (C=O) groups is 1. The molecule has 0 amide bonds. The topological polar surface area (TPSA) is 76.0 Å². The molecular weight excluding hydrogens is 104 g/mol. The molecular formula is C2H4O5. The van der Waals surface area contributed by atoms with Gasteiger partial charge in [-0.1, -0.05) is 0 Å². The van der Waals surface area contributed by atoms with Crippen LogP contribution in [0.2, 0.25) is 0 Å². The van der Waals surface area contributed by atoms with Gasteiger partial charge < -0.3 is 9.84 Å². The molecule has 0 unspecified atom stereocenters. The van der Waals surface area contributed by atoms with Crippen LogP contribution in [0.3, 0.4) is 0 Å². The normalized spacial score (nSPS) is 8.14. The van der Waals surface area contributed by atoms with E-state index in [1.165, 1.54) is 0 Å². The third-order valence-electron chi connectivity index (χ3n) is 0.235. The second kappa shape index (κ2) is 3.38. The summed E-state index contributed by atoms with van der Waals surface area (Å²) in [5.74, 6) is 0. The molecule has 42 valence electrons. The molecule has 2 N–H and O–H groups in total. The monoisotopic (exact) mass is 108 g/mol. The second-order valence-corrected chi connectivity index (χ2v) is 0.657. The van der Waals surface area contributed by atoms with E-state index in [0.29, 0.717) is 0 Å². The van der Waals surface area contributed by atoms with Crippen molar-refractivity contribution in [3.05, 3.63) is 0 Å². The highest BCUT2D eigenvalue weighted by Gasteiger charge is 1.91. The molecule has 0 heterocycles. The molecule has 0 bridgehead atoms. The van der Waals surface area contributed by atoms with E-state index >= 15 is 0 Å². The first-order chi connectivity index (χ1) is 3.27. The Morgan fingerprint density at radius 3 is 2.43 bits per heavy atom. The smallest absolute Gasteiger partial charge is 0.450 e. The van der Waals surface area contributed by atoms with Crippen LogP contribution in [0, 0.1) is 0 Å². The highest BCUT2D eigenvalue weighted by molar-refractivity contribution is 5.56. The molecule has 0 saturated heterocycles. The quantitative estimate of drug-likeness (QED) is 0.227. The van der Waals surface area contributed by atoms with Crippen LogP contribution in [0.5, 0.6) is 0 Å². The fourth-order valence-corrected chi connectivity index (χ4v) is 0.0768. The molecule has 0 fully saturated rings. The first kappa shape index (κ1) is 6.19. The van der Waals surface area contributed by atoms with E-state index in [1.807, 2.05) is 0 Å². The van der Waals surface area contributed by atoms with Crippen molar-refractivity contribution in [2.24, 2.45) is 0 Å². The molecule has 0 aliphatic carbocycles. The Hall–Kier alpha value is -0.810. The summed E-state index contributed by atoms with van der Waals surface area (Å²) >= 11 is 0. The van der Waals surface area contributed by atoms with Gasteiger partial charge in [0.2, 0.25) is 6.79 Å². The summed E-state index contributed by atoms with van der Waals surface area (Å²) in [6.45, 7) is -0.644. The third-order valence-corrected chi connectivity index (χ3v) is 0.235. The Bertz CT molecular complexity index is 59.1. The molecule has 7 heavy (non-hydrogen) atoms. The van der Waals surface area contributed by atoms with E-state index in [-0.39, 0.29) is 0 Å². The van der Waals surface area contributed by atoms with Gasteiger partial charge >= 0.3 is 6.16 Å². The highest BCUT2D eigenvalue weighted by atomic mass is 17.1. The van der Waals surface area contributed by atoms with Crippen molar-refractivity contribution in [3.8, 4) is 0 Å². The Kier molecular flexibility index (Phi) is 2.99. The lowest BCUT2D eigenvalue weighted by molar-refractivity contribution is -0.286. The minimum Gasteiger partial charge on any atom is -0.450 e. The summed E-state index contributed by atoms with van der Waals surface area (Å²) in [6.07, 6.45) is -1.48. The SMILES string of the molecule is O=C(O)OCOO. The number of carboxylic acid groups (broad SMARTS) is 1. The van der Waals surface area contributed by atoms with E-state index in [1.54, 1.807) is 0 Å². The van der Waals surface area contributed by atoms with Gasteiger partial charge in [0.05, 0.1) is 0 Å². The first-order valence-corrected chi connectivity index (χ1v) is 1.39. The summed E-state index contributed by atoms with van der Waals surface area (Å²) in [5, 5.41) is 15.1. The molecule has 0 radical (unpaired) electrons. The van der Waals surface area contributed by atoms with Gasteiger partial charge in [0.15, 0.2) is 0 Å². The van der Waals surface area contributed by atoms with E-state index in [0.717, 1.165) is 0 Å². The van der Waals surface area contributed by atoms with Crippen LogP contribution < -0.4 is 0 Å².